The number of nitrogens with zero attached hydrogens (tertiary/aromatic N) is 2. The van der Waals surface area contributed by atoms with Crippen LogP contribution in [0.15, 0.2) is 59.4 Å². The summed E-state index contributed by atoms with van der Waals surface area (Å²) in [5.74, 6) is 0.509. The second-order valence-electron chi connectivity index (χ2n) is 8.60. The van der Waals surface area contributed by atoms with Gasteiger partial charge in [-0.1, -0.05) is 36.4 Å². The van der Waals surface area contributed by atoms with Gasteiger partial charge in [0.1, 0.15) is 24.0 Å². The van der Waals surface area contributed by atoms with Crippen molar-refractivity contribution in [2.75, 3.05) is 13.1 Å². The molecule has 0 unspecified atom stereocenters. The van der Waals surface area contributed by atoms with Crippen molar-refractivity contribution in [3.05, 3.63) is 76.1 Å². The van der Waals surface area contributed by atoms with Gasteiger partial charge in [-0.3, -0.25) is 14.2 Å². The van der Waals surface area contributed by atoms with Gasteiger partial charge < -0.3 is 14.7 Å². The van der Waals surface area contributed by atoms with Crippen molar-refractivity contribution in [3.63, 3.8) is 0 Å². The minimum atomic E-state index is -1.19. The van der Waals surface area contributed by atoms with Gasteiger partial charge in [0, 0.05) is 24.4 Å². The SMILES string of the molecule is Cc1cc(=O)n(CC(=O)N2CC[C@H](Oc3ccccc3)[C@@](C)(O)C2)c2c(C)cccc12. The molecule has 4 rings (SSSR count). The third-order valence-corrected chi connectivity index (χ3v) is 6.07. The molecule has 1 aliphatic heterocycles. The summed E-state index contributed by atoms with van der Waals surface area (Å²) in [7, 11) is 0. The number of aryl methyl sites for hydroxylation is 2. The Morgan fingerprint density at radius 2 is 1.87 bits per heavy atom. The topological polar surface area (TPSA) is 71.8 Å². The largest absolute Gasteiger partial charge is 0.487 e. The number of pyridine rings is 1. The number of rotatable bonds is 4. The number of amides is 1. The molecule has 1 aliphatic rings. The maximum atomic E-state index is 13.1. The van der Waals surface area contributed by atoms with Crippen LogP contribution in [0.4, 0.5) is 0 Å². The molecule has 0 spiro atoms. The quantitative estimate of drug-likeness (QED) is 0.704. The highest BCUT2D eigenvalue weighted by molar-refractivity contribution is 5.87. The summed E-state index contributed by atoms with van der Waals surface area (Å²) in [6.07, 6.45) is 0.0973. The number of carbonyl (C=O) groups is 1. The molecule has 2 heterocycles. The average molecular weight is 421 g/mol. The van der Waals surface area contributed by atoms with Crippen LogP contribution in [0.3, 0.4) is 0 Å². The van der Waals surface area contributed by atoms with Gasteiger partial charge in [-0.25, -0.2) is 0 Å². The van der Waals surface area contributed by atoms with Gasteiger partial charge in [-0.15, -0.1) is 0 Å². The molecule has 0 aliphatic carbocycles. The fourth-order valence-corrected chi connectivity index (χ4v) is 4.39. The maximum Gasteiger partial charge on any atom is 0.251 e. The first-order chi connectivity index (χ1) is 14.8. The predicted molar refractivity (Wildman–Crippen MR) is 120 cm³/mol. The average Bonchev–Trinajstić information content (AvgIpc) is 2.73. The normalized spacial score (nSPS) is 21.3. The number of para-hydroxylation sites is 2. The Morgan fingerprint density at radius 1 is 1.13 bits per heavy atom. The first-order valence-electron chi connectivity index (χ1n) is 10.6. The predicted octanol–water partition coefficient (Wildman–Crippen LogP) is 3.05. The number of carbonyl (C=O) groups excluding carboxylic acids is 1. The van der Waals surface area contributed by atoms with E-state index in [1.165, 1.54) is 0 Å². The zero-order valence-electron chi connectivity index (χ0n) is 18.2. The highest BCUT2D eigenvalue weighted by atomic mass is 16.5. The van der Waals surface area contributed by atoms with E-state index in [1.807, 2.05) is 62.4 Å². The number of ether oxygens (including phenoxy) is 1. The molecule has 1 aromatic heterocycles. The van der Waals surface area contributed by atoms with Crippen LogP contribution in [-0.4, -0.2) is 45.3 Å². The van der Waals surface area contributed by atoms with Gasteiger partial charge in [0.25, 0.3) is 5.56 Å². The molecule has 6 heteroatoms. The molecule has 0 bridgehead atoms. The lowest BCUT2D eigenvalue weighted by atomic mass is 9.91. The Morgan fingerprint density at radius 3 is 2.58 bits per heavy atom. The Balaban J connectivity index is 1.54. The maximum absolute atomic E-state index is 13.1. The van der Waals surface area contributed by atoms with E-state index in [4.69, 9.17) is 4.74 Å². The summed E-state index contributed by atoms with van der Waals surface area (Å²) in [5.41, 5.74) is 1.25. The van der Waals surface area contributed by atoms with E-state index in [0.717, 1.165) is 22.0 Å². The zero-order chi connectivity index (χ0) is 22.2. The standard InChI is InChI=1S/C25H28N2O4/c1-17-8-7-11-20-18(2)14-22(28)27(24(17)20)15-23(29)26-13-12-21(25(3,30)16-26)31-19-9-5-4-6-10-19/h4-11,14,21,30H,12-13,15-16H2,1-3H3/t21-,25-/m0/s1. The molecule has 162 valence electrons. The summed E-state index contributed by atoms with van der Waals surface area (Å²) in [6.45, 7) is 6.10. The lowest BCUT2D eigenvalue weighted by Gasteiger charge is -2.42. The van der Waals surface area contributed by atoms with E-state index in [2.05, 4.69) is 0 Å². The van der Waals surface area contributed by atoms with Crippen molar-refractivity contribution in [1.82, 2.24) is 9.47 Å². The van der Waals surface area contributed by atoms with Gasteiger partial charge in [0.2, 0.25) is 5.91 Å². The van der Waals surface area contributed by atoms with Crippen LogP contribution in [0.2, 0.25) is 0 Å². The van der Waals surface area contributed by atoms with E-state index in [1.54, 1.807) is 22.5 Å². The van der Waals surface area contributed by atoms with Crippen LogP contribution in [-0.2, 0) is 11.3 Å². The Hall–Kier alpha value is -3.12. The third-order valence-electron chi connectivity index (χ3n) is 6.07. The lowest BCUT2D eigenvalue weighted by molar-refractivity contribution is -0.146. The van der Waals surface area contributed by atoms with Crippen molar-refractivity contribution < 1.29 is 14.6 Å². The molecule has 1 fully saturated rings. The molecule has 2 aromatic carbocycles. The molecule has 2 atom stereocenters. The van der Waals surface area contributed by atoms with Crippen molar-refractivity contribution >= 4 is 16.8 Å². The first-order valence-corrected chi connectivity index (χ1v) is 10.6. The number of aliphatic hydroxyl groups is 1. The van der Waals surface area contributed by atoms with E-state index < -0.39 is 11.7 Å². The Bertz CT molecular complexity index is 1170. The van der Waals surface area contributed by atoms with Crippen LogP contribution < -0.4 is 10.3 Å². The first kappa shape index (κ1) is 21.1. The number of hydrogen-bond donors (Lipinski definition) is 1. The number of β-amino-alcohol motifs (C(OH)–C–C–N with tert-alkyl or cyclic N) is 1. The van der Waals surface area contributed by atoms with Gasteiger partial charge >= 0.3 is 0 Å². The molecule has 1 N–H and O–H groups in total. The van der Waals surface area contributed by atoms with Gasteiger partial charge in [-0.05, 0) is 44.0 Å². The number of aromatic nitrogens is 1. The third kappa shape index (κ3) is 4.21. The lowest BCUT2D eigenvalue weighted by Crippen LogP contribution is -2.59. The number of fused-ring (bicyclic) bond motifs is 1. The molecule has 31 heavy (non-hydrogen) atoms. The van der Waals surface area contributed by atoms with Gasteiger partial charge in [0.05, 0.1) is 12.1 Å². The number of hydrogen-bond acceptors (Lipinski definition) is 4. The van der Waals surface area contributed by atoms with Crippen LogP contribution in [0.25, 0.3) is 10.9 Å². The molecule has 0 saturated carbocycles. The van der Waals surface area contributed by atoms with Crippen LogP contribution in [0, 0.1) is 13.8 Å². The van der Waals surface area contributed by atoms with E-state index >= 15 is 0 Å². The Labute approximate surface area is 181 Å². The fraction of sp³-hybridized carbons (Fsp3) is 0.360. The minimum absolute atomic E-state index is 0.0548. The molecular formula is C25H28N2O4. The minimum Gasteiger partial charge on any atom is -0.487 e. The zero-order valence-corrected chi connectivity index (χ0v) is 18.2. The summed E-state index contributed by atoms with van der Waals surface area (Å²) in [5, 5.41) is 12.0. The molecule has 1 saturated heterocycles. The van der Waals surface area contributed by atoms with Crippen molar-refractivity contribution in [2.24, 2.45) is 0 Å². The van der Waals surface area contributed by atoms with E-state index in [-0.39, 0.29) is 24.6 Å². The van der Waals surface area contributed by atoms with Crippen molar-refractivity contribution in [1.29, 1.82) is 0 Å². The molecule has 1 amide bonds. The highest BCUT2D eigenvalue weighted by Gasteiger charge is 2.41. The van der Waals surface area contributed by atoms with Crippen molar-refractivity contribution in [2.45, 2.75) is 45.4 Å². The fourth-order valence-electron chi connectivity index (χ4n) is 4.39. The van der Waals surface area contributed by atoms with E-state index in [0.29, 0.717) is 18.7 Å². The molecule has 3 aromatic rings. The second-order valence-corrected chi connectivity index (χ2v) is 8.60. The number of piperidine rings is 1. The highest BCUT2D eigenvalue weighted by Crippen LogP contribution is 2.27. The monoisotopic (exact) mass is 420 g/mol. The summed E-state index contributed by atoms with van der Waals surface area (Å²) in [4.78, 5) is 27.5. The van der Waals surface area contributed by atoms with Crippen molar-refractivity contribution in [3.8, 4) is 5.75 Å². The second kappa shape index (κ2) is 8.19. The summed E-state index contributed by atoms with van der Waals surface area (Å²) < 4.78 is 7.52. The molecular weight excluding hydrogens is 392 g/mol. The van der Waals surface area contributed by atoms with Gasteiger partial charge in [-0.2, -0.15) is 0 Å². The van der Waals surface area contributed by atoms with Crippen LogP contribution in [0.5, 0.6) is 5.75 Å². The smallest absolute Gasteiger partial charge is 0.251 e. The van der Waals surface area contributed by atoms with Crippen LogP contribution >= 0.6 is 0 Å². The number of benzene rings is 2. The van der Waals surface area contributed by atoms with Gasteiger partial charge in [0.15, 0.2) is 0 Å². The van der Waals surface area contributed by atoms with Crippen LogP contribution in [0.1, 0.15) is 24.5 Å². The number of likely N-dealkylation sites (tertiary alicyclic amines) is 1. The molecule has 6 nitrogen and oxygen atoms in total. The Kier molecular flexibility index (Phi) is 5.58. The summed E-state index contributed by atoms with van der Waals surface area (Å²) >= 11 is 0. The van der Waals surface area contributed by atoms with E-state index in [9.17, 15) is 14.7 Å². The molecule has 0 radical (unpaired) electrons. The summed E-state index contributed by atoms with van der Waals surface area (Å²) in [6, 6.07) is 16.8.